The predicted molar refractivity (Wildman–Crippen MR) is 69.9 cm³/mol. The fraction of sp³-hybridized carbons (Fsp3) is 0.500. The quantitative estimate of drug-likeness (QED) is 0.756. The molecule has 1 saturated heterocycles. The highest BCUT2D eigenvalue weighted by atomic mass is 16.2. The number of carbonyl (C=O) groups excluding carboxylic acids is 1. The third-order valence-electron chi connectivity index (χ3n) is 3.49. The van der Waals surface area contributed by atoms with Gasteiger partial charge in [-0.05, 0) is 57.4 Å². The molecule has 0 aromatic heterocycles. The molecule has 0 spiro atoms. The SMILES string of the molecule is Cc1cc(N)cc(C(=O)N2CCCC2(C)C)c1. The highest BCUT2D eigenvalue weighted by Crippen LogP contribution is 2.30. The van der Waals surface area contributed by atoms with E-state index >= 15 is 0 Å². The number of aryl methyl sites for hydroxylation is 1. The summed E-state index contributed by atoms with van der Waals surface area (Å²) in [6, 6.07) is 5.56. The average molecular weight is 232 g/mol. The Morgan fingerprint density at radius 2 is 2.06 bits per heavy atom. The lowest BCUT2D eigenvalue weighted by atomic mass is 10.0. The molecule has 1 fully saturated rings. The molecule has 0 unspecified atom stereocenters. The Kier molecular flexibility index (Phi) is 2.86. The monoisotopic (exact) mass is 232 g/mol. The van der Waals surface area contributed by atoms with Gasteiger partial charge in [-0.15, -0.1) is 0 Å². The number of anilines is 1. The molecule has 3 heteroatoms. The van der Waals surface area contributed by atoms with Gasteiger partial charge < -0.3 is 10.6 Å². The second kappa shape index (κ2) is 4.06. The second-order valence-electron chi connectivity index (χ2n) is 5.51. The molecule has 17 heavy (non-hydrogen) atoms. The highest BCUT2D eigenvalue weighted by Gasteiger charge is 2.35. The van der Waals surface area contributed by atoms with Crippen LogP contribution in [0.1, 0.15) is 42.6 Å². The smallest absolute Gasteiger partial charge is 0.254 e. The number of rotatable bonds is 1. The van der Waals surface area contributed by atoms with Crippen LogP contribution in [0.4, 0.5) is 5.69 Å². The van der Waals surface area contributed by atoms with E-state index in [0.717, 1.165) is 24.9 Å². The molecule has 1 aliphatic rings. The largest absolute Gasteiger partial charge is 0.399 e. The summed E-state index contributed by atoms with van der Waals surface area (Å²) in [6.07, 6.45) is 2.15. The van der Waals surface area contributed by atoms with Crippen molar-refractivity contribution in [1.29, 1.82) is 0 Å². The summed E-state index contributed by atoms with van der Waals surface area (Å²) in [6.45, 7) is 7.05. The molecule has 3 nitrogen and oxygen atoms in total. The third-order valence-corrected chi connectivity index (χ3v) is 3.49. The lowest BCUT2D eigenvalue weighted by molar-refractivity contribution is 0.0652. The molecule has 2 N–H and O–H groups in total. The molecule has 1 aliphatic heterocycles. The molecule has 1 amide bonds. The van der Waals surface area contributed by atoms with Crippen molar-refractivity contribution < 1.29 is 4.79 Å². The fourth-order valence-electron chi connectivity index (χ4n) is 2.58. The zero-order valence-corrected chi connectivity index (χ0v) is 10.8. The summed E-state index contributed by atoms with van der Waals surface area (Å²) in [5, 5.41) is 0. The standard InChI is InChI=1S/C14H20N2O/c1-10-7-11(9-12(15)8-10)13(17)16-6-4-5-14(16,2)3/h7-9H,4-6,15H2,1-3H3. The summed E-state index contributed by atoms with van der Waals surface area (Å²) < 4.78 is 0. The number of benzene rings is 1. The molecule has 2 rings (SSSR count). The summed E-state index contributed by atoms with van der Waals surface area (Å²) in [5.41, 5.74) is 8.16. The van der Waals surface area contributed by atoms with E-state index in [-0.39, 0.29) is 11.4 Å². The van der Waals surface area contributed by atoms with E-state index in [9.17, 15) is 4.79 Å². The number of likely N-dealkylation sites (tertiary alicyclic amines) is 1. The molecule has 0 saturated carbocycles. The molecular formula is C14H20N2O. The lowest BCUT2D eigenvalue weighted by Gasteiger charge is -2.31. The van der Waals surface area contributed by atoms with Crippen LogP contribution >= 0.6 is 0 Å². The minimum atomic E-state index is -0.0322. The summed E-state index contributed by atoms with van der Waals surface area (Å²) in [5.74, 6) is 0.0999. The lowest BCUT2D eigenvalue weighted by Crippen LogP contribution is -2.42. The third kappa shape index (κ3) is 2.28. The maximum absolute atomic E-state index is 12.4. The normalized spacial score (nSPS) is 18.4. The fourth-order valence-corrected chi connectivity index (χ4v) is 2.58. The zero-order chi connectivity index (χ0) is 12.6. The number of carbonyl (C=O) groups is 1. The van der Waals surface area contributed by atoms with E-state index in [2.05, 4.69) is 13.8 Å². The Morgan fingerprint density at radius 3 is 2.59 bits per heavy atom. The minimum absolute atomic E-state index is 0.0322. The van der Waals surface area contributed by atoms with Gasteiger partial charge in [-0.25, -0.2) is 0 Å². The summed E-state index contributed by atoms with van der Waals surface area (Å²) in [7, 11) is 0. The number of nitrogens with two attached hydrogens (primary N) is 1. The predicted octanol–water partition coefficient (Wildman–Crippen LogP) is 2.59. The molecule has 0 atom stereocenters. The second-order valence-corrected chi connectivity index (χ2v) is 5.51. The number of amides is 1. The number of nitrogens with zero attached hydrogens (tertiary/aromatic N) is 1. The Balaban J connectivity index is 2.31. The van der Waals surface area contributed by atoms with Crippen LogP contribution in [0, 0.1) is 6.92 Å². The van der Waals surface area contributed by atoms with Crippen molar-refractivity contribution in [2.24, 2.45) is 0 Å². The van der Waals surface area contributed by atoms with Gasteiger partial charge in [0.2, 0.25) is 0 Å². The molecule has 0 aliphatic carbocycles. The van der Waals surface area contributed by atoms with E-state index < -0.39 is 0 Å². The molecule has 92 valence electrons. The van der Waals surface area contributed by atoms with Crippen LogP contribution in [0.5, 0.6) is 0 Å². The Hall–Kier alpha value is -1.51. The van der Waals surface area contributed by atoms with Crippen LogP contribution in [0.2, 0.25) is 0 Å². The maximum atomic E-state index is 12.4. The maximum Gasteiger partial charge on any atom is 0.254 e. The van der Waals surface area contributed by atoms with Crippen LogP contribution in [0.3, 0.4) is 0 Å². The van der Waals surface area contributed by atoms with Crippen LogP contribution in [-0.4, -0.2) is 22.9 Å². The van der Waals surface area contributed by atoms with Gasteiger partial charge in [-0.2, -0.15) is 0 Å². The Bertz CT molecular complexity index is 431. The number of nitrogen functional groups attached to an aromatic ring is 1. The molecule has 1 aromatic rings. The topological polar surface area (TPSA) is 46.3 Å². The molecule has 1 heterocycles. The number of hydrogen-bond donors (Lipinski definition) is 1. The van der Waals surface area contributed by atoms with Gasteiger partial charge >= 0.3 is 0 Å². The first-order valence-corrected chi connectivity index (χ1v) is 6.09. The van der Waals surface area contributed by atoms with Crippen molar-refractivity contribution in [1.82, 2.24) is 4.90 Å². The van der Waals surface area contributed by atoms with Crippen molar-refractivity contribution >= 4 is 11.6 Å². The number of hydrogen-bond acceptors (Lipinski definition) is 2. The van der Waals surface area contributed by atoms with Crippen LogP contribution in [0.25, 0.3) is 0 Å². The highest BCUT2D eigenvalue weighted by molar-refractivity contribution is 5.96. The first-order chi connectivity index (χ1) is 7.90. The molecule has 0 bridgehead atoms. The zero-order valence-electron chi connectivity index (χ0n) is 10.8. The van der Waals surface area contributed by atoms with Crippen molar-refractivity contribution in [2.75, 3.05) is 12.3 Å². The molecule has 1 aromatic carbocycles. The van der Waals surface area contributed by atoms with E-state index in [1.807, 2.05) is 24.0 Å². The summed E-state index contributed by atoms with van der Waals surface area (Å²) in [4.78, 5) is 14.4. The molecular weight excluding hydrogens is 212 g/mol. The van der Waals surface area contributed by atoms with Gasteiger partial charge in [0.05, 0.1) is 0 Å². The van der Waals surface area contributed by atoms with Crippen molar-refractivity contribution in [3.63, 3.8) is 0 Å². The Labute approximate surface area is 103 Å². The van der Waals surface area contributed by atoms with Gasteiger partial charge in [-0.1, -0.05) is 0 Å². The minimum Gasteiger partial charge on any atom is -0.399 e. The van der Waals surface area contributed by atoms with Crippen molar-refractivity contribution in [3.8, 4) is 0 Å². The Morgan fingerprint density at radius 1 is 1.35 bits per heavy atom. The van der Waals surface area contributed by atoms with E-state index in [4.69, 9.17) is 5.73 Å². The van der Waals surface area contributed by atoms with Crippen molar-refractivity contribution in [2.45, 2.75) is 39.2 Å². The van der Waals surface area contributed by atoms with Crippen LogP contribution < -0.4 is 5.73 Å². The van der Waals surface area contributed by atoms with Gasteiger partial charge in [-0.3, -0.25) is 4.79 Å². The van der Waals surface area contributed by atoms with Crippen LogP contribution in [-0.2, 0) is 0 Å². The van der Waals surface area contributed by atoms with Gasteiger partial charge in [0.15, 0.2) is 0 Å². The first kappa shape index (κ1) is 12.0. The van der Waals surface area contributed by atoms with E-state index in [1.54, 1.807) is 6.07 Å². The van der Waals surface area contributed by atoms with Gasteiger partial charge in [0, 0.05) is 23.3 Å². The van der Waals surface area contributed by atoms with Gasteiger partial charge in [0.1, 0.15) is 0 Å². The first-order valence-electron chi connectivity index (χ1n) is 6.09. The molecule has 0 radical (unpaired) electrons. The van der Waals surface area contributed by atoms with Gasteiger partial charge in [0.25, 0.3) is 5.91 Å². The van der Waals surface area contributed by atoms with E-state index in [0.29, 0.717) is 11.3 Å². The van der Waals surface area contributed by atoms with Crippen LogP contribution in [0.15, 0.2) is 18.2 Å². The summed E-state index contributed by atoms with van der Waals surface area (Å²) >= 11 is 0. The van der Waals surface area contributed by atoms with E-state index in [1.165, 1.54) is 0 Å². The average Bonchev–Trinajstić information content (AvgIpc) is 2.55. The van der Waals surface area contributed by atoms with Crippen molar-refractivity contribution in [3.05, 3.63) is 29.3 Å².